The van der Waals surface area contributed by atoms with E-state index >= 15 is 0 Å². The van der Waals surface area contributed by atoms with Crippen LogP contribution >= 0.6 is 0 Å². The number of amides is 2. The fourth-order valence-electron chi connectivity index (χ4n) is 5.72. The zero-order valence-electron chi connectivity index (χ0n) is 25.2. The van der Waals surface area contributed by atoms with Gasteiger partial charge in [0.1, 0.15) is 34.7 Å². The summed E-state index contributed by atoms with van der Waals surface area (Å²) >= 11 is 0. The summed E-state index contributed by atoms with van der Waals surface area (Å²) in [6.07, 6.45) is -6.00. The highest BCUT2D eigenvalue weighted by atomic mass is 19.4. The Balaban J connectivity index is 1.30. The zero-order valence-corrected chi connectivity index (χ0v) is 25.2. The number of hydrogen-bond donors (Lipinski definition) is 3. The molecule has 0 radical (unpaired) electrons. The first-order valence-corrected chi connectivity index (χ1v) is 14.6. The highest BCUT2D eigenvalue weighted by Crippen LogP contribution is 2.53. The Morgan fingerprint density at radius 3 is 2.58 bits per heavy atom. The predicted molar refractivity (Wildman–Crippen MR) is 155 cm³/mol. The van der Waals surface area contributed by atoms with Crippen molar-refractivity contribution >= 4 is 22.7 Å². The molecule has 4 heterocycles. The number of ether oxygens (including phenoxy) is 4. The Morgan fingerprint density at radius 2 is 1.92 bits per heavy atom. The van der Waals surface area contributed by atoms with E-state index in [0.717, 1.165) is 25.0 Å². The van der Waals surface area contributed by atoms with Crippen molar-refractivity contribution in [2.75, 3.05) is 20.3 Å². The Hall–Kier alpha value is -5.19. The number of aromatic nitrogens is 3. The van der Waals surface area contributed by atoms with Gasteiger partial charge in [0.15, 0.2) is 11.5 Å². The van der Waals surface area contributed by atoms with Crippen molar-refractivity contribution in [3.05, 3.63) is 59.4 Å². The van der Waals surface area contributed by atoms with Crippen LogP contribution in [0.5, 0.6) is 23.0 Å². The maximum atomic E-state index is 14.9. The SMILES string of the molecule is COc1cc(C(=O)NC[C@](O)(c2cc3c(c(-c4cccc5c4OC(F)(F)O5)n2)OC[C@]3(C)C(N)=O)C(F)(F)F)cc2cn(C3CC3)nc12. The molecule has 1 fully saturated rings. The number of nitrogens with zero attached hydrogens (tertiary/aromatic N) is 3. The molecule has 0 bridgehead atoms. The molecule has 0 saturated heterocycles. The van der Waals surface area contributed by atoms with E-state index in [2.05, 4.69) is 24.9 Å². The van der Waals surface area contributed by atoms with Crippen LogP contribution < -0.4 is 30.0 Å². The van der Waals surface area contributed by atoms with Crippen molar-refractivity contribution in [2.45, 2.75) is 49.3 Å². The average molecular weight is 676 g/mol. The quantitative estimate of drug-likeness (QED) is 0.234. The van der Waals surface area contributed by atoms with E-state index in [1.165, 1.54) is 38.3 Å². The minimum atomic E-state index is -5.47. The fraction of sp³-hybridized carbons (Fsp3) is 0.355. The van der Waals surface area contributed by atoms with Gasteiger partial charge in [0.05, 0.1) is 31.0 Å². The largest absolute Gasteiger partial charge is 0.586 e. The Labute approximate surface area is 267 Å². The van der Waals surface area contributed by atoms with Crippen LogP contribution in [0.2, 0.25) is 0 Å². The van der Waals surface area contributed by atoms with E-state index in [-0.39, 0.29) is 34.2 Å². The van der Waals surface area contributed by atoms with Gasteiger partial charge in [-0.3, -0.25) is 14.3 Å². The van der Waals surface area contributed by atoms with E-state index in [0.29, 0.717) is 10.9 Å². The number of rotatable bonds is 8. The lowest BCUT2D eigenvalue weighted by molar-refractivity contribution is -0.286. The van der Waals surface area contributed by atoms with Crippen molar-refractivity contribution < 1.29 is 55.6 Å². The Kier molecular flexibility index (Phi) is 6.81. The number of carbonyl (C=O) groups is 2. The highest BCUT2D eigenvalue weighted by molar-refractivity contribution is 6.00. The highest BCUT2D eigenvalue weighted by Gasteiger charge is 2.58. The summed E-state index contributed by atoms with van der Waals surface area (Å²) in [4.78, 5) is 29.9. The molecule has 2 atom stereocenters. The summed E-state index contributed by atoms with van der Waals surface area (Å²) in [6, 6.07) is 7.36. The maximum absolute atomic E-state index is 14.9. The Bertz CT molecular complexity index is 2010. The van der Waals surface area contributed by atoms with Gasteiger partial charge in [-0.05, 0) is 50.1 Å². The van der Waals surface area contributed by atoms with Crippen LogP contribution in [0.3, 0.4) is 0 Å². The van der Waals surface area contributed by atoms with E-state index in [9.17, 15) is 36.6 Å². The smallest absolute Gasteiger partial charge is 0.494 e. The molecule has 1 aliphatic carbocycles. The van der Waals surface area contributed by atoms with Crippen molar-refractivity contribution in [3.63, 3.8) is 0 Å². The molecule has 2 aliphatic heterocycles. The second-order valence-electron chi connectivity index (χ2n) is 12.0. The van der Waals surface area contributed by atoms with Gasteiger partial charge < -0.3 is 35.1 Å². The van der Waals surface area contributed by atoms with Crippen LogP contribution in [0, 0.1) is 0 Å². The number of carbonyl (C=O) groups excluding carboxylic acids is 2. The normalized spacial score (nSPS) is 20.6. The number of hydrogen-bond acceptors (Lipinski definition) is 9. The van der Waals surface area contributed by atoms with Gasteiger partial charge >= 0.3 is 12.5 Å². The van der Waals surface area contributed by atoms with Gasteiger partial charge in [-0.2, -0.15) is 18.3 Å². The first-order valence-electron chi connectivity index (χ1n) is 14.6. The average Bonchev–Trinajstić information content (AvgIpc) is 3.57. The topological polar surface area (TPSA) is 160 Å². The van der Waals surface area contributed by atoms with E-state index < -0.39 is 71.3 Å². The Morgan fingerprint density at radius 1 is 1.17 bits per heavy atom. The molecule has 4 aromatic rings. The van der Waals surface area contributed by atoms with Gasteiger partial charge in [0.25, 0.3) is 5.91 Å². The van der Waals surface area contributed by atoms with Crippen LogP contribution in [-0.2, 0) is 15.8 Å². The molecule has 48 heavy (non-hydrogen) atoms. The molecular weight excluding hydrogens is 649 g/mol. The number of alkyl halides is 5. The second-order valence-corrected chi connectivity index (χ2v) is 12.0. The molecule has 12 nitrogen and oxygen atoms in total. The molecule has 2 amide bonds. The van der Waals surface area contributed by atoms with Crippen molar-refractivity contribution in [3.8, 4) is 34.3 Å². The van der Waals surface area contributed by atoms with E-state index in [4.69, 9.17) is 15.2 Å². The molecule has 252 valence electrons. The summed E-state index contributed by atoms with van der Waals surface area (Å²) in [6.45, 7) is -0.566. The van der Waals surface area contributed by atoms with Crippen LogP contribution in [0.4, 0.5) is 22.0 Å². The fourth-order valence-corrected chi connectivity index (χ4v) is 5.72. The lowest BCUT2D eigenvalue weighted by atomic mass is 9.81. The lowest BCUT2D eigenvalue weighted by Crippen LogP contribution is -2.51. The number of para-hydroxylation sites is 1. The molecule has 3 aliphatic rings. The zero-order chi connectivity index (χ0) is 34.4. The van der Waals surface area contributed by atoms with E-state index in [1.807, 2.05) is 0 Å². The monoisotopic (exact) mass is 675 g/mol. The maximum Gasteiger partial charge on any atom is 0.586 e. The summed E-state index contributed by atoms with van der Waals surface area (Å²) in [5.41, 5.74) is -1.62. The van der Waals surface area contributed by atoms with Crippen LogP contribution in [-0.4, -0.2) is 64.4 Å². The molecule has 4 N–H and O–H groups in total. The molecule has 17 heteroatoms. The molecule has 0 spiro atoms. The number of aliphatic hydroxyl groups is 1. The molecule has 2 aromatic carbocycles. The molecular formula is C31H26F5N5O7. The summed E-state index contributed by atoms with van der Waals surface area (Å²) < 4.78 is 94.6. The van der Waals surface area contributed by atoms with Gasteiger partial charge in [-0.1, -0.05) is 6.07 Å². The molecule has 7 rings (SSSR count). The number of fused-ring (bicyclic) bond motifs is 3. The number of benzene rings is 2. The third kappa shape index (κ3) is 4.91. The number of nitrogens with two attached hydrogens (primary N) is 1. The number of halogens is 5. The van der Waals surface area contributed by atoms with Gasteiger partial charge in [-0.15, -0.1) is 8.78 Å². The van der Waals surface area contributed by atoms with Crippen LogP contribution in [0.1, 0.15) is 47.4 Å². The first kappa shape index (κ1) is 31.4. The summed E-state index contributed by atoms with van der Waals surface area (Å²) in [5.74, 6) is -3.00. The van der Waals surface area contributed by atoms with Crippen molar-refractivity contribution in [1.82, 2.24) is 20.1 Å². The summed E-state index contributed by atoms with van der Waals surface area (Å²) in [7, 11) is 1.36. The number of methoxy groups -OCH3 is 1. The standard InChI is InChI=1S/C31H26F5N5O7/c1-28(27(37)43)13-46-25-18(28)10-21(39-23(25)17-4-3-5-19-24(17)48-31(35,36)47-19)29(44,30(32,33)34)12-38-26(42)14-8-15-11-41(16-6-7-16)40-22(15)20(9-14)45-2/h3-5,8-11,16,44H,6-7,12-13H2,1-2H3,(H2,37,43)(H,38,42)/t28-,29-/m0/s1. The minimum Gasteiger partial charge on any atom is -0.494 e. The van der Waals surface area contributed by atoms with Gasteiger partial charge in [0, 0.05) is 22.7 Å². The van der Waals surface area contributed by atoms with E-state index in [1.54, 1.807) is 10.9 Å². The lowest BCUT2D eigenvalue weighted by Gasteiger charge is -2.31. The predicted octanol–water partition coefficient (Wildman–Crippen LogP) is 4.08. The molecule has 0 unspecified atom stereocenters. The number of pyridine rings is 1. The van der Waals surface area contributed by atoms with Crippen molar-refractivity contribution in [1.29, 1.82) is 0 Å². The second kappa shape index (κ2) is 10.4. The van der Waals surface area contributed by atoms with Gasteiger partial charge in [0.2, 0.25) is 11.5 Å². The number of nitrogens with one attached hydrogen (secondary N) is 1. The summed E-state index contributed by atoms with van der Waals surface area (Å²) in [5, 5.41) is 18.5. The van der Waals surface area contributed by atoms with Gasteiger partial charge in [-0.25, -0.2) is 4.98 Å². The third-order valence-electron chi connectivity index (χ3n) is 8.69. The van der Waals surface area contributed by atoms with Crippen LogP contribution in [0.15, 0.2) is 42.6 Å². The third-order valence-corrected chi connectivity index (χ3v) is 8.69. The van der Waals surface area contributed by atoms with Crippen LogP contribution in [0.25, 0.3) is 22.2 Å². The first-order chi connectivity index (χ1) is 22.5. The number of primary amides is 1. The minimum absolute atomic E-state index is 0.0746. The van der Waals surface area contributed by atoms with Crippen molar-refractivity contribution in [2.24, 2.45) is 5.73 Å². The molecule has 2 aromatic heterocycles. The molecule has 1 saturated carbocycles.